The Kier molecular flexibility index (Phi) is 4.28. The van der Waals surface area contributed by atoms with Crippen LogP contribution in [0.5, 0.6) is 0 Å². The number of nitrogens with zero attached hydrogens (tertiary/aromatic N) is 3. The van der Waals surface area contributed by atoms with Crippen LogP contribution in [0.3, 0.4) is 0 Å². The molecule has 1 amide bonds. The number of carbonyl (C=O) groups excluding carboxylic acids is 1. The molecule has 2 aliphatic heterocycles. The van der Waals surface area contributed by atoms with Gasteiger partial charge in [0.05, 0.1) is 16.8 Å². The highest BCUT2D eigenvalue weighted by Crippen LogP contribution is 2.34. The summed E-state index contributed by atoms with van der Waals surface area (Å²) >= 11 is 1.70. The molecule has 116 valence electrons. The Morgan fingerprint density at radius 2 is 2.38 bits per heavy atom. The maximum absolute atomic E-state index is 12.0. The van der Waals surface area contributed by atoms with Gasteiger partial charge in [0.25, 0.3) is 5.91 Å². The third kappa shape index (κ3) is 3.27. The van der Waals surface area contributed by atoms with Gasteiger partial charge in [0, 0.05) is 32.6 Å². The van der Waals surface area contributed by atoms with Gasteiger partial charge in [-0.15, -0.1) is 11.3 Å². The van der Waals surface area contributed by atoms with E-state index in [9.17, 15) is 4.79 Å². The van der Waals surface area contributed by atoms with Crippen LogP contribution in [0.1, 0.15) is 23.5 Å². The number of rotatable bonds is 3. The number of piperidine rings is 1. The average Bonchev–Trinajstić information content (AvgIpc) is 3.03. The number of likely N-dealkylation sites (tertiary alicyclic amines) is 1. The zero-order valence-electron chi connectivity index (χ0n) is 12.9. The van der Waals surface area contributed by atoms with E-state index in [1.54, 1.807) is 30.3 Å². The molecule has 0 aromatic carbocycles. The number of amides is 1. The van der Waals surface area contributed by atoms with Crippen molar-refractivity contribution >= 4 is 17.2 Å². The molecule has 2 saturated heterocycles. The molecular weight excluding hydrogens is 286 g/mol. The van der Waals surface area contributed by atoms with Crippen LogP contribution in [0.15, 0.2) is 5.38 Å². The quantitative estimate of drug-likeness (QED) is 0.849. The topological polar surface area (TPSA) is 45.7 Å². The lowest BCUT2D eigenvalue weighted by atomic mass is 9.91. The van der Waals surface area contributed by atoms with Crippen molar-refractivity contribution in [2.45, 2.75) is 38.5 Å². The standard InChI is InChI=1S/C15H23N3O2S/c1-10-16-12(9-21-10)7-18-5-4-11-6-13(15(19)17(2)3)20-14(11)8-18/h9,11,13-14H,4-8H2,1-3H3/t11-,13+,14-/m1/s1. The van der Waals surface area contributed by atoms with Crippen molar-refractivity contribution in [3.8, 4) is 0 Å². The zero-order chi connectivity index (χ0) is 15.0. The predicted molar refractivity (Wildman–Crippen MR) is 82.2 cm³/mol. The predicted octanol–water partition coefficient (Wildman–Crippen LogP) is 1.52. The SMILES string of the molecule is Cc1nc(CN2CC[C@@H]3C[C@@H](C(=O)N(C)C)O[C@@H]3C2)cs1. The molecule has 0 saturated carbocycles. The minimum atomic E-state index is -0.239. The van der Waals surface area contributed by atoms with Crippen molar-refractivity contribution in [1.29, 1.82) is 0 Å². The smallest absolute Gasteiger partial charge is 0.251 e. The van der Waals surface area contributed by atoms with Crippen LogP contribution in [0.25, 0.3) is 0 Å². The Morgan fingerprint density at radius 3 is 3.05 bits per heavy atom. The Bertz CT molecular complexity index is 517. The number of hydrogen-bond donors (Lipinski definition) is 0. The number of hydrogen-bond acceptors (Lipinski definition) is 5. The third-order valence-electron chi connectivity index (χ3n) is 4.40. The van der Waals surface area contributed by atoms with Crippen LogP contribution in [0.4, 0.5) is 0 Å². The summed E-state index contributed by atoms with van der Waals surface area (Å²) < 4.78 is 6.01. The van der Waals surface area contributed by atoms with Gasteiger partial charge in [-0.05, 0) is 32.2 Å². The first-order valence-corrected chi connectivity index (χ1v) is 8.41. The van der Waals surface area contributed by atoms with E-state index in [0.29, 0.717) is 5.92 Å². The number of likely N-dealkylation sites (N-methyl/N-ethyl adjacent to an activating group) is 1. The summed E-state index contributed by atoms with van der Waals surface area (Å²) in [6.45, 7) is 4.92. The molecule has 3 heterocycles. The lowest BCUT2D eigenvalue weighted by Gasteiger charge is -2.33. The lowest BCUT2D eigenvalue weighted by Crippen LogP contribution is -2.42. The molecule has 5 nitrogen and oxygen atoms in total. The Morgan fingerprint density at radius 1 is 1.57 bits per heavy atom. The highest BCUT2D eigenvalue weighted by atomic mass is 32.1. The van der Waals surface area contributed by atoms with Gasteiger partial charge in [-0.1, -0.05) is 0 Å². The van der Waals surface area contributed by atoms with Gasteiger partial charge < -0.3 is 9.64 Å². The van der Waals surface area contributed by atoms with Gasteiger partial charge in [-0.2, -0.15) is 0 Å². The zero-order valence-corrected chi connectivity index (χ0v) is 13.7. The highest BCUT2D eigenvalue weighted by molar-refractivity contribution is 7.09. The highest BCUT2D eigenvalue weighted by Gasteiger charge is 2.42. The summed E-state index contributed by atoms with van der Waals surface area (Å²) in [6, 6.07) is 0. The summed E-state index contributed by atoms with van der Waals surface area (Å²) in [5.74, 6) is 0.637. The second-order valence-corrected chi connectivity index (χ2v) is 7.34. The van der Waals surface area contributed by atoms with Crippen molar-refractivity contribution < 1.29 is 9.53 Å². The number of fused-ring (bicyclic) bond motifs is 1. The number of thiazole rings is 1. The van der Waals surface area contributed by atoms with Gasteiger partial charge >= 0.3 is 0 Å². The molecule has 1 aromatic heterocycles. The van der Waals surface area contributed by atoms with Crippen LogP contribution in [0, 0.1) is 12.8 Å². The van der Waals surface area contributed by atoms with Crippen molar-refractivity contribution in [3.05, 3.63) is 16.1 Å². The first-order chi connectivity index (χ1) is 10.0. The van der Waals surface area contributed by atoms with Gasteiger partial charge in [0.2, 0.25) is 0 Å². The fourth-order valence-electron chi connectivity index (χ4n) is 3.29. The molecule has 21 heavy (non-hydrogen) atoms. The van der Waals surface area contributed by atoms with E-state index in [2.05, 4.69) is 15.3 Å². The normalized spacial score (nSPS) is 29.4. The molecule has 3 rings (SSSR count). The first kappa shape index (κ1) is 14.9. The van der Waals surface area contributed by atoms with E-state index in [4.69, 9.17) is 4.74 Å². The van der Waals surface area contributed by atoms with Crippen molar-refractivity contribution in [2.75, 3.05) is 27.2 Å². The Hall–Kier alpha value is -0.980. The molecular formula is C15H23N3O2S. The van der Waals surface area contributed by atoms with Gasteiger partial charge in [0.15, 0.2) is 0 Å². The molecule has 0 spiro atoms. The summed E-state index contributed by atoms with van der Waals surface area (Å²) in [7, 11) is 3.59. The van der Waals surface area contributed by atoms with Crippen LogP contribution in [-0.2, 0) is 16.1 Å². The molecule has 2 aliphatic rings. The van der Waals surface area contributed by atoms with Crippen molar-refractivity contribution in [3.63, 3.8) is 0 Å². The lowest BCUT2D eigenvalue weighted by molar-refractivity contribution is -0.141. The number of aryl methyl sites for hydroxylation is 1. The van der Waals surface area contributed by atoms with Crippen LogP contribution < -0.4 is 0 Å². The van der Waals surface area contributed by atoms with Crippen LogP contribution in [-0.4, -0.2) is 60.1 Å². The summed E-state index contributed by atoms with van der Waals surface area (Å²) in [6.07, 6.45) is 1.96. The van der Waals surface area contributed by atoms with E-state index < -0.39 is 0 Å². The molecule has 6 heteroatoms. The Labute approximate surface area is 129 Å². The fraction of sp³-hybridized carbons (Fsp3) is 0.733. The summed E-state index contributed by atoms with van der Waals surface area (Å²) in [4.78, 5) is 20.6. The minimum Gasteiger partial charge on any atom is -0.364 e. The second kappa shape index (κ2) is 6.02. The average molecular weight is 309 g/mol. The monoisotopic (exact) mass is 309 g/mol. The third-order valence-corrected chi connectivity index (χ3v) is 5.23. The van der Waals surface area contributed by atoms with Gasteiger partial charge in [0.1, 0.15) is 6.10 Å². The number of aromatic nitrogens is 1. The van der Waals surface area contributed by atoms with Crippen LogP contribution >= 0.6 is 11.3 Å². The summed E-state index contributed by atoms with van der Waals surface area (Å²) in [5.41, 5.74) is 1.15. The first-order valence-electron chi connectivity index (χ1n) is 7.53. The van der Waals surface area contributed by atoms with E-state index in [1.165, 1.54) is 0 Å². The van der Waals surface area contributed by atoms with Crippen molar-refractivity contribution in [1.82, 2.24) is 14.8 Å². The molecule has 0 radical (unpaired) electrons. The van der Waals surface area contributed by atoms with E-state index >= 15 is 0 Å². The van der Waals surface area contributed by atoms with Gasteiger partial charge in [-0.3, -0.25) is 9.69 Å². The molecule has 0 N–H and O–H groups in total. The van der Waals surface area contributed by atoms with E-state index in [1.807, 2.05) is 6.92 Å². The maximum atomic E-state index is 12.0. The maximum Gasteiger partial charge on any atom is 0.251 e. The van der Waals surface area contributed by atoms with E-state index in [-0.39, 0.29) is 18.1 Å². The van der Waals surface area contributed by atoms with Crippen molar-refractivity contribution in [2.24, 2.45) is 5.92 Å². The molecule has 3 atom stereocenters. The molecule has 0 unspecified atom stereocenters. The summed E-state index contributed by atoms with van der Waals surface area (Å²) in [5, 5.41) is 3.25. The largest absolute Gasteiger partial charge is 0.364 e. The van der Waals surface area contributed by atoms with Crippen LogP contribution in [0.2, 0.25) is 0 Å². The fourth-order valence-corrected chi connectivity index (χ4v) is 3.90. The Balaban J connectivity index is 1.57. The molecule has 2 fully saturated rings. The number of ether oxygens (including phenoxy) is 1. The minimum absolute atomic E-state index is 0.103. The molecule has 0 bridgehead atoms. The molecule has 1 aromatic rings. The second-order valence-electron chi connectivity index (χ2n) is 6.27. The van der Waals surface area contributed by atoms with Gasteiger partial charge in [-0.25, -0.2) is 4.98 Å². The van der Waals surface area contributed by atoms with E-state index in [0.717, 1.165) is 43.2 Å². The number of carbonyl (C=O) groups is 1. The molecule has 0 aliphatic carbocycles.